The third kappa shape index (κ3) is 5.08. The Morgan fingerprint density at radius 2 is 2.00 bits per heavy atom. The summed E-state index contributed by atoms with van der Waals surface area (Å²) in [7, 11) is 0. The molecule has 0 amide bonds. The van der Waals surface area contributed by atoms with Gasteiger partial charge in [0.1, 0.15) is 0 Å². The molecule has 0 aliphatic heterocycles. The van der Waals surface area contributed by atoms with E-state index in [0.717, 1.165) is 12.8 Å². The van der Waals surface area contributed by atoms with Crippen LogP contribution >= 0.6 is 0 Å². The zero-order valence-corrected chi connectivity index (χ0v) is 12.8. The molecule has 0 bridgehead atoms. The van der Waals surface area contributed by atoms with E-state index in [2.05, 4.69) is 45.6 Å². The van der Waals surface area contributed by atoms with Gasteiger partial charge in [-0.2, -0.15) is 29.4 Å². The van der Waals surface area contributed by atoms with Gasteiger partial charge >= 0.3 is 0 Å². The van der Waals surface area contributed by atoms with Crippen LogP contribution in [-0.2, 0) is 32.7 Å². The Hall–Kier alpha value is 0.0639. The minimum absolute atomic E-state index is 0. The first kappa shape index (κ1) is 15.1. The van der Waals surface area contributed by atoms with Crippen LogP contribution in [0.15, 0.2) is 42.0 Å². The van der Waals surface area contributed by atoms with Gasteiger partial charge in [0.05, 0.1) is 0 Å². The zero-order valence-electron chi connectivity index (χ0n) is 10.0. The molecule has 0 spiro atoms. The topological polar surface area (TPSA) is 0 Å². The molecule has 0 nitrogen and oxygen atoms in total. The van der Waals surface area contributed by atoms with Crippen LogP contribution in [0.2, 0.25) is 0 Å². The molecule has 0 aromatic rings. The van der Waals surface area contributed by atoms with Crippen molar-refractivity contribution in [1.82, 2.24) is 0 Å². The molecule has 1 aliphatic carbocycles. The summed E-state index contributed by atoms with van der Waals surface area (Å²) in [6.07, 6.45) is 13.7. The molecule has 0 aromatic heterocycles. The molecule has 79 valence electrons. The summed E-state index contributed by atoms with van der Waals surface area (Å²) >= 11 is 0. The molecule has 1 rings (SSSR count). The fraction of sp³-hybridized carbons (Fsp3) is 0.429. The van der Waals surface area contributed by atoms with Crippen molar-refractivity contribution in [3.63, 3.8) is 0 Å². The molecule has 0 aromatic carbocycles. The Bertz CT molecular complexity index is 303. The first-order valence-electron chi connectivity index (χ1n) is 5.14. The summed E-state index contributed by atoms with van der Waals surface area (Å²) in [4.78, 5) is 0. The van der Waals surface area contributed by atoms with Crippen molar-refractivity contribution in [3.05, 3.63) is 48.1 Å². The molecule has 0 saturated carbocycles. The Morgan fingerprint density at radius 3 is 2.53 bits per heavy atom. The summed E-state index contributed by atoms with van der Waals surface area (Å²) < 4.78 is 0. The van der Waals surface area contributed by atoms with Gasteiger partial charge in [-0.15, -0.1) is 12.7 Å². The number of hydrogen-bond donors (Lipinski definition) is 0. The SMILES string of the molecule is C=C/C=C/C1=[C-]C(=C/C)/CC(C)(C)C1.[Y]. The molecule has 1 heteroatoms. The third-order valence-electron chi connectivity index (χ3n) is 2.44. The van der Waals surface area contributed by atoms with Gasteiger partial charge in [-0.1, -0.05) is 26.8 Å². The average Bonchev–Trinajstić information content (AvgIpc) is 2.12. The van der Waals surface area contributed by atoms with E-state index in [1.165, 1.54) is 11.1 Å². The number of rotatable bonds is 2. The average molecular weight is 276 g/mol. The van der Waals surface area contributed by atoms with Crippen LogP contribution in [0.4, 0.5) is 0 Å². The summed E-state index contributed by atoms with van der Waals surface area (Å²) in [6.45, 7) is 10.4. The van der Waals surface area contributed by atoms with Crippen LogP contribution in [0.25, 0.3) is 0 Å². The van der Waals surface area contributed by atoms with E-state index in [-0.39, 0.29) is 32.7 Å². The molecule has 0 saturated heterocycles. The molecule has 1 aliphatic rings. The van der Waals surface area contributed by atoms with Crippen molar-refractivity contribution in [2.45, 2.75) is 33.6 Å². The summed E-state index contributed by atoms with van der Waals surface area (Å²) in [6, 6.07) is 0. The van der Waals surface area contributed by atoms with Crippen molar-refractivity contribution in [1.29, 1.82) is 0 Å². The maximum absolute atomic E-state index is 3.68. The molecule has 15 heavy (non-hydrogen) atoms. The second kappa shape index (κ2) is 6.60. The van der Waals surface area contributed by atoms with Gasteiger partial charge in [-0.25, -0.2) is 0 Å². The van der Waals surface area contributed by atoms with Gasteiger partial charge in [-0.05, 0) is 18.3 Å². The van der Waals surface area contributed by atoms with Crippen molar-refractivity contribution in [2.75, 3.05) is 0 Å². The molecule has 0 N–H and O–H groups in total. The molecular weight excluding hydrogens is 257 g/mol. The van der Waals surface area contributed by atoms with Crippen LogP contribution in [0.5, 0.6) is 0 Å². The van der Waals surface area contributed by atoms with Gasteiger partial charge in [-0.3, -0.25) is 0 Å². The Balaban J connectivity index is 0.00000196. The molecule has 0 atom stereocenters. The summed E-state index contributed by atoms with van der Waals surface area (Å²) in [5, 5.41) is 0. The van der Waals surface area contributed by atoms with E-state index >= 15 is 0 Å². The van der Waals surface area contributed by atoms with E-state index in [0.29, 0.717) is 5.41 Å². The van der Waals surface area contributed by atoms with Gasteiger partial charge in [0.15, 0.2) is 0 Å². The molecule has 0 fully saturated rings. The zero-order chi connectivity index (χ0) is 10.6. The Morgan fingerprint density at radius 1 is 1.33 bits per heavy atom. The minimum atomic E-state index is 0. The van der Waals surface area contributed by atoms with Crippen LogP contribution < -0.4 is 0 Å². The standard InChI is InChI=1S/C14H19.Y/c1-5-7-8-13-9-12(6-2)10-14(3,4)11-13;/h5-8H,1,10-11H2,2-4H3;/q-1;/b8-7+,12-6-;. The second-order valence-electron chi connectivity index (χ2n) is 4.58. The number of allylic oxidation sites excluding steroid dienone is 7. The van der Waals surface area contributed by atoms with E-state index in [1.807, 2.05) is 12.2 Å². The third-order valence-corrected chi connectivity index (χ3v) is 2.44. The van der Waals surface area contributed by atoms with Crippen molar-refractivity contribution >= 4 is 0 Å². The summed E-state index contributed by atoms with van der Waals surface area (Å²) in [5.74, 6) is 0. The largest absolute Gasteiger partial charge is 0.179 e. The molecule has 0 unspecified atom stereocenters. The first-order valence-corrected chi connectivity index (χ1v) is 5.14. The van der Waals surface area contributed by atoms with Crippen molar-refractivity contribution in [2.24, 2.45) is 5.41 Å². The fourth-order valence-corrected chi connectivity index (χ4v) is 1.85. The van der Waals surface area contributed by atoms with Crippen molar-refractivity contribution < 1.29 is 32.7 Å². The maximum atomic E-state index is 3.68. The monoisotopic (exact) mass is 276 g/mol. The predicted molar refractivity (Wildman–Crippen MR) is 62.9 cm³/mol. The Kier molecular flexibility index (Phi) is 6.63. The summed E-state index contributed by atoms with van der Waals surface area (Å²) in [5.41, 5.74) is 2.98. The quantitative estimate of drug-likeness (QED) is 0.523. The molecule has 0 heterocycles. The van der Waals surface area contributed by atoms with Crippen LogP contribution in [-0.4, -0.2) is 0 Å². The van der Waals surface area contributed by atoms with Crippen LogP contribution in [0.3, 0.4) is 0 Å². The van der Waals surface area contributed by atoms with Crippen LogP contribution in [0.1, 0.15) is 33.6 Å². The van der Waals surface area contributed by atoms with Gasteiger partial charge < -0.3 is 0 Å². The predicted octanol–water partition coefficient (Wildman–Crippen LogP) is 4.22. The molecule has 1 radical (unpaired) electrons. The number of hydrogen-bond acceptors (Lipinski definition) is 0. The maximum Gasteiger partial charge on any atom is 0 e. The molecular formula is C14H19Y-. The van der Waals surface area contributed by atoms with Crippen molar-refractivity contribution in [3.8, 4) is 0 Å². The van der Waals surface area contributed by atoms with Gasteiger partial charge in [0, 0.05) is 32.7 Å². The van der Waals surface area contributed by atoms with Gasteiger partial charge in [0.2, 0.25) is 0 Å². The minimum Gasteiger partial charge on any atom is -0.179 e. The van der Waals surface area contributed by atoms with E-state index < -0.39 is 0 Å². The Labute approximate surface area is 119 Å². The fourth-order valence-electron chi connectivity index (χ4n) is 1.85. The van der Waals surface area contributed by atoms with Crippen LogP contribution in [0, 0.1) is 11.5 Å². The van der Waals surface area contributed by atoms with E-state index in [4.69, 9.17) is 0 Å². The second-order valence-corrected chi connectivity index (χ2v) is 4.58. The van der Waals surface area contributed by atoms with E-state index in [1.54, 1.807) is 0 Å². The normalized spacial score (nSPS) is 22.3. The van der Waals surface area contributed by atoms with E-state index in [9.17, 15) is 0 Å². The van der Waals surface area contributed by atoms with Gasteiger partial charge in [0.25, 0.3) is 0 Å². The first-order chi connectivity index (χ1) is 6.57. The smallest absolute Gasteiger partial charge is 0 e.